The number of benzene rings is 1. The maximum Gasteiger partial charge on any atom is 0.286 e. The minimum atomic E-state index is -0.406. The van der Waals surface area contributed by atoms with Crippen LogP contribution in [0.3, 0.4) is 0 Å². The van der Waals surface area contributed by atoms with Crippen LogP contribution >= 0.6 is 0 Å². The lowest BCUT2D eigenvalue weighted by atomic mass is 10.1. The van der Waals surface area contributed by atoms with E-state index in [0.29, 0.717) is 23.8 Å². The molecule has 2 amide bonds. The summed E-state index contributed by atoms with van der Waals surface area (Å²) >= 11 is 0. The number of carbonyl (C=O) groups is 2. The van der Waals surface area contributed by atoms with Gasteiger partial charge in [-0.1, -0.05) is 13.8 Å². The van der Waals surface area contributed by atoms with Crippen LogP contribution in [0.2, 0.25) is 0 Å². The van der Waals surface area contributed by atoms with Crippen molar-refractivity contribution in [2.24, 2.45) is 5.92 Å². The highest BCUT2D eigenvalue weighted by molar-refractivity contribution is 5.98. The molecule has 3 N–H and O–H groups in total. The van der Waals surface area contributed by atoms with Crippen molar-refractivity contribution in [3.05, 3.63) is 53.9 Å². The highest BCUT2D eigenvalue weighted by atomic mass is 16.5. The molecule has 1 aromatic carbocycles. The highest BCUT2D eigenvalue weighted by Gasteiger charge is 2.09. The standard InChI is InChI=1S/C17H21N3O3/c1-12(2)9-11-23-14-7-5-13(6-8-14)16(21)19-20-17(22)15-4-3-10-18-15/h3-8,10,12,18H,9,11H2,1-2H3,(H,19,21)(H,20,22). The van der Waals surface area contributed by atoms with Crippen LogP contribution in [-0.2, 0) is 0 Å². The van der Waals surface area contributed by atoms with E-state index >= 15 is 0 Å². The molecule has 0 saturated heterocycles. The number of aromatic amines is 1. The summed E-state index contributed by atoms with van der Waals surface area (Å²) in [6, 6.07) is 10.1. The van der Waals surface area contributed by atoms with Crippen LogP contribution in [0.25, 0.3) is 0 Å². The first-order valence-corrected chi connectivity index (χ1v) is 7.53. The second kappa shape index (κ2) is 8.03. The number of nitrogens with one attached hydrogen (secondary N) is 3. The molecule has 0 fully saturated rings. The number of rotatable bonds is 6. The van der Waals surface area contributed by atoms with Crippen molar-refractivity contribution in [3.8, 4) is 5.75 Å². The largest absolute Gasteiger partial charge is 0.494 e. The van der Waals surface area contributed by atoms with Gasteiger partial charge in [-0.15, -0.1) is 0 Å². The average Bonchev–Trinajstić information content (AvgIpc) is 3.07. The van der Waals surface area contributed by atoms with Crippen LogP contribution in [0.1, 0.15) is 41.1 Å². The van der Waals surface area contributed by atoms with Gasteiger partial charge in [0.25, 0.3) is 11.8 Å². The zero-order valence-corrected chi connectivity index (χ0v) is 13.3. The minimum absolute atomic E-state index is 0.374. The van der Waals surface area contributed by atoms with Crippen LogP contribution in [0.5, 0.6) is 5.75 Å². The number of hydrazine groups is 1. The van der Waals surface area contributed by atoms with Gasteiger partial charge in [-0.2, -0.15) is 0 Å². The van der Waals surface area contributed by atoms with Crippen LogP contribution in [0.15, 0.2) is 42.6 Å². The first-order chi connectivity index (χ1) is 11.1. The molecule has 0 bridgehead atoms. The Morgan fingerprint density at radius 3 is 2.39 bits per heavy atom. The smallest absolute Gasteiger partial charge is 0.286 e. The van der Waals surface area contributed by atoms with E-state index in [1.807, 2.05) is 0 Å². The van der Waals surface area contributed by atoms with Gasteiger partial charge in [0.2, 0.25) is 0 Å². The highest BCUT2D eigenvalue weighted by Crippen LogP contribution is 2.13. The van der Waals surface area contributed by atoms with Crippen LogP contribution in [-0.4, -0.2) is 23.4 Å². The molecule has 0 aliphatic heterocycles. The molecule has 6 nitrogen and oxygen atoms in total. The lowest BCUT2D eigenvalue weighted by molar-refractivity contribution is 0.0844. The molecule has 1 heterocycles. The van der Waals surface area contributed by atoms with Gasteiger partial charge in [0.1, 0.15) is 11.4 Å². The van der Waals surface area contributed by atoms with Crippen molar-refractivity contribution in [3.63, 3.8) is 0 Å². The van der Waals surface area contributed by atoms with E-state index in [4.69, 9.17) is 4.74 Å². The topological polar surface area (TPSA) is 83.2 Å². The van der Waals surface area contributed by atoms with Crippen molar-refractivity contribution in [1.29, 1.82) is 0 Å². The number of H-pyrrole nitrogens is 1. The number of aromatic nitrogens is 1. The van der Waals surface area contributed by atoms with E-state index < -0.39 is 11.8 Å². The monoisotopic (exact) mass is 315 g/mol. The molecule has 1 aromatic heterocycles. The Morgan fingerprint density at radius 2 is 1.78 bits per heavy atom. The number of carbonyl (C=O) groups excluding carboxylic acids is 2. The molecule has 0 spiro atoms. The normalized spacial score (nSPS) is 10.4. The van der Waals surface area contributed by atoms with Gasteiger partial charge in [0, 0.05) is 11.8 Å². The number of ether oxygens (including phenoxy) is 1. The summed E-state index contributed by atoms with van der Waals surface area (Å²) < 4.78 is 5.59. The van der Waals surface area contributed by atoms with Crippen molar-refractivity contribution < 1.29 is 14.3 Å². The fraction of sp³-hybridized carbons (Fsp3) is 0.294. The van der Waals surface area contributed by atoms with Crippen molar-refractivity contribution in [2.45, 2.75) is 20.3 Å². The molecule has 0 saturated carbocycles. The molecule has 2 rings (SSSR count). The molecule has 0 aliphatic rings. The predicted molar refractivity (Wildman–Crippen MR) is 87.1 cm³/mol. The summed E-state index contributed by atoms with van der Waals surface area (Å²) in [5.74, 6) is 0.511. The molecule has 0 radical (unpaired) electrons. The Bertz CT molecular complexity index is 634. The second-order valence-corrected chi connectivity index (χ2v) is 5.55. The molecule has 0 unspecified atom stereocenters. The lowest BCUT2D eigenvalue weighted by Gasteiger charge is -2.09. The first-order valence-electron chi connectivity index (χ1n) is 7.53. The van der Waals surface area contributed by atoms with Gasteiger partial charge in [-0.3, -0.25) is 20.4 Å². The Kier molecular flexibility index (Phi) is 5.80. The van der Waals surface area contributed by atoms with Crippen molar-refractivity contribution in [2.75, 3.05) is 6.61 Å². The zero-order chi connectivity index (χ0) is 16.7. The third kappa shape index (κ3) is 5.18. The van der Waals surface area contributed by atoms with Gasteiger partial charge in [0.05, 0.1) is 6.61 Å². The van der Waals surface area contributed by atoms with Gasteiger partial charge in [-0.05, 0) is 48.7 Å². The Labute approximate surface area is 135 Å². The summed E-state index contributed by atoms with van der Waals surface area (Å²) in [7, 11) is 0. The third-order valence-corrected chi connectivity index (χ3v) is 3.21. The Hall–Kier alpha value is -2.76. The van der Waals surface area contributed by atoms with E-state index in [0.717, 1.165) is 12.2 Å². The fourth-order valence-corrected chi connectivity index (χ4v) is 1.84. The van der Waals surface area contributed by atoms with E-state index in [9.17, 15) is 9.59 Å². The van der Waals surface area contributed by atoms with Gasteiger partial charge >= 0.3 is 0 Å². The molecule has 6 heteroatoms. The summed E-state index contributed by atoms with van der Waals surface area (Å²) in [4.78, 5) is 26.4. The maximum atomic E-state index is 12.0. The van der Waals surface area contributed by atoms with Crippen LogP contribution in [0, 0.1) is 5.92 Å². The van der Waals surface area contributed by atoms with Crippen LogP contribution in [0.4, 0.5) is 0 Å². The van der Waals surface area contributed by atoms with E-state index in [1.54, 1.807) is 42.6 Å². The van der Waals surface area contributed by atoms with E-state index in [-0.39, 0.29) is 0 Å². The molecule has 2 aromatic rings. The minimum Gasteiger partial charge on any atom is -0.494 e. The predicted octanol–water partition coefficient (Wildman–Crippen LogP) is 2.51. The van der Waals surface area contributed by atoms with Crippen molar-refractivity contribution >= 4 is 11.8 Å². The first kappa shape index (κ1) is 16.6. The number of hydrogen-bond acceptors (Lipinski definition) is 3. The number of hydrogen-bond donors (Lipinski definition) is 3. The molecule has 122 valence electrons. The third-order valence-electron chi connectivity index (χ3n) is 3.21. The summed E-state index contributed by atoms with van der Waals surface area (Å²) in [5.41, 5.74) is 5.52. The molecular weight excluding hydrogens is 294 g/mol. The number of amides is 2. The Morgan fingerprint density at radius 1 is 1.09 bits per heavy atom. The lowest BCUT2D eigenvalue weighted by Crippen LogP contribution is -2.41. The van der Waals surface area contributed by atoms with Crippen LogP contribution < -0.4 is 15.6 Å². The van der Waals surface area contributed by atoms with Gasteiger partial charge in [0.15, 0.2) is 0 Å². The molecular formula is C17H21N3O3. The molecule has 0 aliphatic carbocycles. The summed E-state index contributed by atoms with van der Waals surface area (Å²) in [6.45, 7) is 4.92. The van der Waals surface area contributed by atoms with Gasteiger partial charge < -0.3 is 9.72 Å². The fourth-order valence-electron chi connectivity index (χ4n) is 1.84. The average molecular weight is 315 g/mol. The van der Waals surface area contributed by atoms with E-state index in [2.05, 4.69) is 29.7 Å². The van der Waals surface area contributed by atoms with Crippen molar-refractivity contribution in [1.82, 2.24) is 15.8 Å². The molecule has 23 heavy (non-hydrogen) atoms. The Balaban J connectivity index is 1.81. The second-order valence-electron chi connectivity index (χ2n) is 5.55. The van der Waals surface area contributed by atoms with E-state index in [1.165, 1.54) is 0 Å². The zero-order valence-electron chi connectivity index (χ0n) is 13.3. The quantitative estimate of drug-likeness (QED) is 0.716. The summed E-state index contributed by atoms with van der Waals surface area (Å²) in [6.07, 6.45) is 2.61. The SMILES string of the molecule is CC(C)CCOc1ccc(C(=O)NNC(=O)c2ccc[nH]2)cc1. The maximum absolute atomic E-state index is 12.0. The molecule has 0 atom stereocenters. The summed E-state index contributed by atoms with van der Waals surface area (Å²) in [5, 5.41) is 0. The van der Waals surface area contributed by atoms with Gasteiger partial charge in [-0.25, -0.2) is 0 Å².